The summed E-state index contributed by atoms with van der Waals surface area (Å²) in [4.78, 5) is 47.2. The number of hydrogen-bond acceptors (Lipinski definition) is 7. The highest BCUT2D eigenvalue weighted by Gasteiger charge is 2.34. The molecule has 1 N–H and O–H groups in total. The van der Waals surface area contributed by atoms with Gasteiger partial charge in [-0.05, 0) is 23.3 Å². The van der Waals surface area contributed by atoms with Crippen molar-refractivity contribution in [2.45, 2.75) is 24.8 Å². The third-order valence-corrected chi connectivity index (χ3v) is 4.67. The molecule has 0 aliphatic rings. The second-order valence-electron chi connectivity index (χ2n) is 6.73. The SMILES string of the molecule is COC(=O)C[C@@H](c1ccc([N+](=O)[O-])cc1)[C@@H](NC(=O)Cc1ccc(F)c(F)c1)C(=O)OC. The molecule has 1 amide bonds. The third-order valence-electron chi connectivity index (χ3n) is 4.67. The molecule has 0 radical (unpaired) electrons. The minimum absolute atomic E-state index is 0.157. The van der Waals surface area contributed by atoms with Gasteiger partial charge in [0.2, 0.25) is 5.91 Å². The summed E-state index contributed by atoms with van der Waals surface area (Å²) in [5.74, 6) is -5.48. The molecule has 11 heteroatoms. The van der Waals surface area contributed by atoms with Gasteiger partial charge in [0.15, 0.2) is 11.6 Å². The van der Waals surface area contributed by atoms with Crippen molar-refractivity contribution >= 4 is 23.5 Å². The average Bonchev–Trinajstić information content (AvgIpc) is 2.77. The van der Waals surface area contributed by atoms with Gasteiger partial charge in [-0.15, -0.1) is 0 Å². The lowest BCUT2D eigenvalue weighted by molar-refractivity contribution is -0.384. The van der Waals surface area contributed by atoms with E-state index < -0.39 is 46.4 Å². The fraction of sp³-hybridized carbons (Fsp3) is 0.286. The van der Waals surface area contributed by atoms with Crippen molar-refractivity contribution in [3.05, 3.63) is 75.3 Å². The molecule has 170 valence electrons. The van der Waals surface area contributed by atoms with E-state index in [2.05, 4.69) is 10.1 Å². The Balaban J connectivity index is 2.33. The number of nitrogens with one attached hydrogen (secondary N) is 1. The van der Waals surface area contributed by atoms with E-state index in [-0.39, 0.29) is 24.1 Å². The van der Waals surface area contributed by atoms with Crippen LogP contribution >= 0.6 is 0 Å². The summed E-state index contributed by atoms with van der Waals surface area (Å²) in [6, 6.07) is 6.66. The van der Waals surface area contributed by atoms with Crippen LogP contribution in [0, 0.1) is 21.7 Å². The first kappa shape index (κ1) is 24.4. The Morgan fingerprint density at radius 2 is 1.69 bits per heavy atom. The molecule has 0 bridgehead atoms. The minimum Gasteiger partial charge on any atom is -0.469 e. The van der Waals surface area contributed by atoms with E-state index in [1.54, 1.807) is 0 Å². The molecule has 0 saturated heterocycles. The number of rotatable bonds is 9. The summed E-state index contributed by atoms with van der Waals surface area (Å²) in [6.45, 7) is 0. The lowest BCUT2D eigenvalue weighted by atomic mass is 9.88. The number of carbonyl (C=O) groups excluding carboxylic acids is 3. The van der Waals surface area contributed by atoms with E-state index in [4.69, 9.17) is 4.74 Å². The fourth-order valence-electron chi connectivity index (χ4n) is 3.04. The number of ether oxygens (including phenoxy) is 2. The van der Waals surface area contributed by atoms with Crippen LogP contribution in [0.2, 0.25) is 0 Å². The number of non-ortho nitro benzene ring substituents is 1. The predicted octanol–water partition coefficient (Wildman–Crippen LogP) is 2.42. The molecule has 0 heterocycles. The number of hydrogen-bond donors (Lipinski definition) is 1. The Hall–Kier alpha value is -3.89. The Labute approximate surface area is 181 Å². The van der Waals surface area contributed by atoms with Gasteiger partial charge in [0.25, 0.3) is 5.69 Å². The van der Waals surface area contributed by atoms with Gasteiger partial charge >= 0.3 is 11.9 Å². The largest absolute Gasteiger partial charge is 0.469 e. The van der Waals surface area contributed by atoms with Gasteiger partial charge in [-0.2, -0.15) is 0 Å². The molecular weight excluding hydrogens is 430 g/mol. The Morgan fingerprint density at radius 1 is 1.03 bits per heavy atom. The third kappa shape index (κ3) is 6.30. The van der Waals surface area contributed by atoms with E-state index in [0.717, 1.165) is 26.4 Å². The zero-order valence-electron chi connectivity index (χ0n) is 17.2. The van der Waals surface area contributed by atoms with E-state index >= 15 is 0 Å². The lowest BCUT2D eigenvalue weighted by Gasteiger charge is -2.26. The standard InChI is InChI=1S/C21H20F2N2O7/c1-31-19(27)11-15(13-4-6-14(7-5-13)25(29)30)20(21(28)32-2)24-18(26)10-12-3-8-16(22)17(23)9-12/h3-9,15,20H,10-11H2,1-2H3,(H,24,26)/t15-,20+/m0/s1. The molecule has 32 heavy (non-hydrogen) atoms. The number of nitrogens with zero attached hydrogens (tertiary/aromatic N) is 1. The maximum absolute atomic E-state index is 13.4. The average molecular weight is 450 g/mol. The van der Waals surface area contributed by atoms with Crippen molar-refractivity contribution in [2.24, 2.45) is 0 Å². The van der Waals surface area contributed by atoms with Crippen molar-refractivity contribution in [1.82, 2.24) is 5.32 Å². The molecular formula is C21H20F2N2O7. The van der Waals surface area contributed by atoms with Crippen molar-refractivity contribution in [2.75, 3.05) is 14.2 Å². The van der Waals surface area contributed by atoms with Crippen molar-refractivity contribution in [3.8, 4) is 0 Å². The van der Waals surface area contributed by atoms with Crippen LogP contribution in [-0.4, -0.2) is 43.0 Å². The highest BCUT2D eigenvalue weighted by Crippen LogP contribution is 2.27. The maximum atomic E-state index is 13.4. The monoisotopic (exact) mass is 450 g/mol. The molecule has 0 spiro atoms. The molecule has 0 unspecified atom stereocenters. The zero-order chi connectivity index (χ0) is 23.8. The van der Waals surface area contributed by atoms with Crippen LogP contribution in [0.15, 0.2) is 42.5 Å². The number of nitro groups is 1. The van der Waals surface area contributed by atoms with Crippen LogP contribution in [0.25, 0.3) is 0 Å². The Morgan fingerprint density at radius 3 is 2.22 bits per heavy atom. The fourth-order valence-corrected chi connectivity index (χ4v) is 3.04. The Bertz CT molecular complexity index is 1010. The van der Waals surface area contributed by atoms with Gasteiger partial charge in [-0.25, -0.2) is 13.6 Å². The second-order valence-corrected chi connectivity index (χ2v) is 6.73. The first-order valence-electron chi connectivity index (χ1n) is 9.28. The molecule has 0 fully saturated rings. The molecule has 2 aromatic carbocycles. The first-order valence-corrected chi connectivity index (χ1v) is 9.28. The maximum Gasteiger partial charge on any atom is 0.329 e. The lowest BCUT2D eigenvalue weighted by Crippen LogP contribution is -2.46. The summed E-state index contributed by atoms with van der Waals surface area (Å²) in [5.41, 5.74) is 0.289. The topological polar surface area (TPSA) is 125 Å². The highest BCUT2D eigenvalue weighted by molar-refractivity contribution is 5.87. The second kappa shape index (κ2) is 10.9. The molecule has 0 aromatic heterocycles. The quantitative estimate of drug-likeness (QED) is 0.353. The first-order chi connectivity index (χ1) is 15.2. The van der Waals surface area contributed by atoms with Crippen molar-refractivity contribution in [1.29, 1.82) is 0 Å². The van der Waals surface area contributed by atoms with Crippen LogP contribution in [0.1, 0.15) is 23.5 Å². The number of halogens is 2. The predicted molar refractivity (Wildman–Crippen MR) is 106 cm³/mol. The summed E-state index contributed by atoms with van der Waals surface area (Å²) < 4.78 is 35.9. The van der Waals surface area contributed by atoms with Crippen LogP contribution in [0.4, 0.5) is 14.5 Å². The summed E-state index contributed by atoms with van der Waals surface area (Å²) in [7, 11) is 2.23. The Kier molecular flexibility index (Phi) is 8.33. The molecule has 0 saturated carbocycles. The van der Waals surface area contributed by atoms with Crippen LogP contribution in [0.3, 0.4) is 0 Å². The molecule has 9 nitrogen and oxygen atoms in total. The van der Waals surface area contributed by atoms with Gasteiger partial charge in [-0.3, -0.25) is 19.7 Å². The number of benzene rings is 2. The summed E-state index contributed by atoms with van der Waals surface area (Å²) in [6.07, 6.45) is -0.727. The number of nitro benzene ring substituents is 1. The molecule has 2 rings (SSSR count). The smallest absolute Gasteiger partial charge is 0.329 e. The zero-order valence-corrected chi connectivity index (χ0v) is 17.2. The summed E-state index contributed by atoms with van der Waals surface area (Å²) in [5, 5.41) is 13.4. The van der Waals surface area contributed by atoms with E-state index in [1.807, 2.05) is 0 Å². The number of methoxy groups -OCH3 is 2. The van der Waals surface area contributed by atoms with E-state index in [0.29, 0.717) is 5.56 Å². The van der Waals surface area contributed by atoms with Gasteiger partial charge in [0.05, 0.1) is 32.0 Å². The van der Waals surface area contributed by atoms with Crippen LogP contribution in [0.5, 0.6) is 0 Å². The van der Waals surface area contributed by atoms with Crippen LogP contribution in [-0.2, 0) is 30.3 Å². The number of amides is 1. The highest BCUT2D eigenvalue weighted by atomic mass is 19.2. The molecule has 2 aromatic rings. The van der Waals surface area contributed by atoms with Gasteiger partial charge < -0.3 is 14.8 Å². The van der Waals surface area contributed by atoms with Gasteiger partial charge in [-0.1, -0.05) is 18.2 Å². The van der Waals surface area contributed by atoms with Crippen molar-refractivity contribution in [3.63, 3.8) is 0 Å². The van der Waals surface area contributed by atoms with Gasteiger partial charge in [0, 0.05) is 18.1 Å². The molecule has 2 atom stereocenters. The van der Waals surface area contributed by atoms with Crippen LogP contribution < -0.4 is 5.32 Å². The summed E-state index contributed by atoms with van der Waals surface area (Å²) >= 11 is 0. The number of carbonyl (C=O) groups is 3. The minimum atomic E-state index is -1.36. The van der Waals surface area contributed by atoms with E-state index in [1.165, 1.54) is 30.3 Å². The van der Waals surface area contributed by atoms with E-state index in [9.17, 15) is 33.3 Å². The van der Waals surface area contributed by atoms with Gasteiger partial charge in [0.1, 0.15) is 6.04 Å². The normalized spacial score (nSPS) is 12.4. The van der Waals surface area contributed by atoms with Crippen molar-refractivity contribution < 1.29 is 37.6 Å². The number of esters is 2. The molecule has 0 aliphatic carbocycles. The molecule has 0 aliphatic heterocycles.